The summed E-state index contributed by atoms with van der Waals surface area (Å²) in [5.74, 6) is 1.56. The number of halogens is 1. The topological polar surface area (TPSA) is 74.3 Å². The fourth-order valence-corrected chi connectivity index (χ4v) is 7.16. The first kappa shape index (κ1) is 32.3. The fourth-order valence-electron chi connectivity index (χ4n) is 6.98. The van der Waals surface area contributed by atoms with Gasteiger partial charge in [-0.25, -0.2) is 9.97 Å². The van der Waals surface area contributed by atoms with Gasteiger partial charge in [0, 0.05) is 18.2 Å². The molecule has 0 fully saturated rings. The van der Waals surface area contributed by atoms with Gasteiger partial charge in [0.15, 0.2) is 11.2 Å². The number of aromatic nitrogens is 7. The number of tetrazole rings is 1. The first-order valence-corrected chi connectivity index (χ1v) is 17.7. The van der Waals surface area contributed by atoms with E-state index < -0.39 is 5.54 Å². The minimum atomic E-state index is -0.849. The minimum absolute atomic E-state index is 0.551. The van der Waals surface area contributed by atoms with E-state index in [1.165, 1.54) is 0 Å². The predicted molar refractivity (Wildman–Crippen MR) is 204 cm³/mol. The number of nitrogens with zero attached hydrogens (tertiary/aromatic N) is 7. The van der Waals surface area contributed by atoms with Crippen LogP contribution in [0.5, 0.6) is 0 Å². The van der Waals surface area contributed by atoms with Crippen molar-refractivity contribution in [3.05, 3.63) is 185 Å². The molecule has 0 aliphatic rings. The van der Waals surface area contributed by atoms with Gasteiger partial charge in [-0.2, -0.15) is 0 Å². The van der Waals surface area contributed by atoms with Crippen molar-refractivity contribution >= 4 is 22.8 Å². The lowest BCUT2D eigenvalue weighted by Gasteiger charge is -2.34. The Morgan fingerprint density at radius 2 is 1.25 bits per heavy atom. The van der Waals surface area contributed by atoms with Crippen molar-refractivity contribution in [2.45, 2.75) is 38.3 Å². The molecule has 5 aromatic carbocycles. The summed E-state index contributed by atoms with van der Waals surface area (Å²) in [6.07, 6.45) is 4.77. The summed E-state index contributed by atoms with van der Waals surface area (Å²) in [4.78, 5) is 11.3. The summed E-state index contributed by atoms with van der Waals surface area (Å²) >= 11 is 6.52. The van der Waals surface area contributed by atoms with Gasteiger partial charge in [0.2, 0.25) is 5.82 Å². The molecule has 3 aromatic heterocycles. The number of aryl methyl sites for hydroxylation is 1. The highest BCUT2D eigenvalue weighted by Crippen LogP contribution is 2.40. The Hall–Kier alpha value is -5.92. The van der Waals surface area contributed by atoms with E-state index >= 15 is 0 Å². The Morgan fingerprint density at radius 1 is 0.667 bits per heavy atom. The van der Waals surface area contributed by atoms with E-state index in [9.17, 15) is 0 Å². The summed E-state index contributed by atoms with van der Waals surface area (Å²) in [6, 6.07) is 49.9. The van der Waals surface area contributed by atoms with E-state index in [0.29, 0.717) is 17.4 Å². The summed E-state index contributed by atoms with van der Waals surface area (Å²) < 4.78 is 2.19. The second kappa shape index (κ2) is 14.1. The van der Waals surface area contributed by atoms with Gasteiger partial charge in [-0.1, -0.05) is 164 Å². The van der Waals surface area contributed by atoms with Gasteiger partial charge in [0.05, 0.1) is 11.6 Å². The lowest BCUT2D eigenvalue weighted by molar-refractivity contribution is 0.396. The molecule has 0 unspecified atom stereocenters. The molecule has 0 radical (unpaired) electrons. The second-order valence-electron chi connectivity index (χ2n) is 12.6. The Bertz CT molecular complexity index is 2290. The molecule has 8 rings (SSSR count). The summed E-state index contributed by atoms with van der Waals surface area (Å²) in [5, 5.41) is 15.3. The van der Waals surface area contributed by atoms with Crippen LogP contribution in [-0.4, -0.2) is 34.7 Å². The summed E-state index contributed by atoms with van der Waals surface area (Å²) in [7, 11) is 0. The third-order valence-electron chi connectivity index (χ3n) is 9.48. The average molecular weight is 686 g/mol. The molecule has 0 saturated carbocycles. The van der Waals surface area contributed by atoms with E-state index in [4.69, 9.17) is 32.0 Å². The maximum Gasteiger partial charge on any atom is 0.205 e. The normalized spacial score (nSPS) is 11.6. The van der Waals surface area contributed by atoms with Gasteiger partial charge >= 0.3 is 0 Å². The molecule has 3 heterocycles. The predicted octanol–water partition coefficient (Wildman–Crippen LogP) is 9.64. The molecule has 250 valence electrons. The average Bonchev–Trinajstić information content (AvgIpc) is 3.82. The van der Waals surface area contributed by atoms with Crippen molar-refractivity contribution < 1.29 is 0 Å². The standard InChI is InChI=1S/C43H36ClN7/c1-2-3-23-39-46-40-38(44)28-29-45-42(40)50(39)30-31-24-26-32(27-25-31)36-21-13-14-22-37(36)41-47-49-51(48-41)43(33-15-7-4-8-16-33,34-17-9-5-10-18-34)35-19-11-6-12-20-35/h4-22,24-29H,2-3,23,30H2,1H3. The van der Waals surface area contributed by atoms with E-state index in [0.717, 1.165) is 75.2 Å². The number of unbranched alkanes of at least 4 members (excludes halogenated alkanes) is 1. The van der Waals surface area contributed by atoms with E-state index in [1.54, 1.807) is 17.1 Å². The van der Waals surface area contributed by atoms with Crippen molar-refractivity contribution in [2.75, 3.05) is 0 Å². The first-order chi connectivity index (χ1) is 25.2. The van der Waals surface area contributed by atoms with Gasteiger partial charge in [-0.3, -0.25) is 0 Å². The van der Waals surface area contributed by atoms with Crippen molar-refractivity contribution in [1.29, 1.82) is 0 Å². The van der Waals surface area contributed by atoms with Crippen molar-refractivity contribution in [3.63, 3.8) is 0 Å². The fraction of sp³-hybridized carbons (Fsp3) is 0.140. The molecule has 0 atom stereocenters. The van der Waals surface area contributed by atoms with E-state index in [2.05, 4.69) is 126 Å². The molecule has 0 aliphatic heterocycles. The monoisotopic (exact) mass is 685 g/mol. The van der Waals surface area contributed by atoms with Crippen LogP contribution in [0.4, 0.5) is 0 Å². The highest BCUT2D eigenvalue weighted by atomic mass is 35.5. The van der Waals surface area contributed by atoms with Crippen molar-refractivity contribution in [1.82, 2.24) is 34.7 Å². The Kier molecular flexibility index (Phi) is 8.95. The minimum Gasteiger partial charge on any atom is -0.308 e. The number of fused-ring (bicyclic) bond motifs is 1. The van der Waals surface area contributed by atoms with Crippen LogP contribution in [0.3, 0.4) is 0 Å². The lowest BCUT2D eigenvalue weighted by Crippen LogP contribution is -2.39. The third-order valence-corrected chi connectivity index (χ3v) is 9.78. The van der Waals surface area contributed by atoms with Crippen LogP contribution >= 0.6 is 11.6 Å². The maximum atomic E-state index is 6.52. The van der Waals surface area contributed by atoms with Crippen LogP contribution in [0.1, 0.15) is 47.8 Å². The highest BCUT2D eigenvalue weighted by molar-refractivity contribution is 6.34. The molecular weight excluding hydrogens is 650 g/mol. The maximum absolute atomic E-state index is 6.52. The van der Waals surface area contributed by atoms with Crippen LogP contribution in [0, 0.1) is 0 Å². The molecule has 51 heavy (non-hydrogen) atoms. The molecule has 7 nitrogen and oxygen atoms in total. The van der Waals surface area contributed by atoms with Crippen LogP contribution < -0.4 is 0 Å². The van der Waals surface area contributed by atoms with Gasteiger partial charge < -0.3 is 4.57 Å². The number of imidazole rings is 1. The van der Waals surface area contributed by atoms with Gasteiger partial charge in [0.25, 0.3) is 0 Å². The zero-order valence-corrected chi connectivity index (χ0v) is 29.0. The Labute approximate surface area is 302 Å². The van der Waals surface area contributed by atoms with Crippen molar-refractivity contribution in [2.24, 2.45) is 0 Å². The number of hydrogen-bond acceptors (Lipinski definition) is 5. The molecular formula is C43H36ClN7. The van der Waals surface area contributed by atoms with E-state index in [1.807, 2.05) is 30.3 Å². The third kappa shape index (κ3) is 6.00. The summed E-state index contributed by atoms with van der Waals surface area (Å²) in [6.45, 7) is 2.85. The van der Waals surface area contributed by atoms with Crippen LogP contribution in [0.2, 0.25) is 5.02 Å². The van der Waals surface area contributed by atoms with Crippen LogP contribution in [0.15, 0.2) is 152 Å². The summed E-state index contributed by atoms with van der Waals surface area (Å²) in [5.41, 5.74) is 7.98. The molecule has 0 saturated heterocycles. The highest BCUT2D eigenvalue weighted by Gasteiger charge is 2.41. The molecule has 0 N–H and O–H groups in total. The lowest BCUT2D eigenvalue weighted by atomic mass is 9.77. The first-order valence-electron chi connectivity index (χ1n) is 17.3. The number of rotatable bonds is 11. The number of hydrogen-bond donors (Lipinski definition) is 0. The molecule has 8 heteroatoms. The molecule has 0 bridgehead atoms. The number of pyridine rings is 1. The van der Waals surface area contributed by atoms with Crippen molar-refractivity contribution in [3.8, 4) is 22.5 Å². The molecule has 0 spiro atoms. The zero-order chi connectivity index (χ0) is 34.6. The Morgan fingerprint density at radius 3 is 1.86 bits per heavy atom. The smallest absolute Gasteiger partial charge is 0.205 e. The van der Waals surface area contributed by atoms with Gasteiger partial charge in [-0.15, -0.1) is 15.0 Å². The SMILES string of the molecule is CCCCc1nc2c(Cl)ccnc2n1Cc1ccc(-c2ccccc2-c2nnn(C(c3ccccc3)(c3ccccc3)c3ccccc3)n2)cc1. The second-order valence-corrected chi connectivity index (χ2v) is 13.0. The largest absolute Gasteiger partial charge is 0.308 e. The van der Waals surface area contributed by atoms with E-state index in [-0.39, 0.29) is 0 Å². The van der Waals surface area contributed by atoms with Crippen LogP contribution in [-0.2, 0) is 18.5 Å². The number of benzene rings is 5. The van der Waals surface area contributed by atoms with Gasteiger partial charge in [0.1, 0.15) is 11.3 Å². The zero-order valence-electron chi connectivity index (χ0n) is 28.3. The molecule has 8 aromatic rings. The quantitative estimate of drug-likeness (QED) is 0.127. The molecule has 0 amide bonds. The van der Waals surface area contributed by atoms with Gasteiger partial charge in [-0.05, 0) is 51.1 Å². The van der Waals surface area contributed by atoms with Crippen LogP contribution in [0.25, 0.3) is 33.7 Å². The Balaban J connectivity index is 1.18. The molecule has 0 aliphatic carbocycles.